The topological polar surface area (TPSA) is 40.5 Å². The lowest BCUT2D eigenvalue weighted by molar-refractivity contribution is -0.131. The fourth-order valence-electron chi connectivity index (χ4n) is 2.30. The summed E-state index contributed by atoms with van der Waals surface area (Å²) in [5, 5.41) is 10.6. The van der Waals surface area contributed by atoms with Gasteiger partial charge in [0, 0.05) is 22.6 Å². The summed E-state index contributed by atoms with van der Waals surface area (Å²) in [6.45, 7) is 2.32. The van der Waals surface area contributed by atoms with Gasteiger partial charge in [0.1, 0.15) is 0 Å². The Kier molecular flexibility index (Phi) is 4.15. The molecule has 1 aliphatic rings. The average Bonchev–Trinajstić information content (AvgIpc) is 2.63. The van der Waals surface area contributed by atoms with Gasteiger partial charge in [0.25, 0.3) is 0 Å². The Morgan fingerprint density at radius 1 is 1.44 bits per heavy atom. The molecule has 1 fully saturated rings. The number of carbonyl (C=O) groups excluding carboxylic acids is 1. The maximum atomic E-state index is 12.2. The van der Waals surface area contributed by atoms with Crippen molar-refractivity contribution in [2.24, 2.45) is 0 Å². The maximum absolute atomic E-state index is 12.2. The SMILES string of the molecule is C[C@@H]1C[C@H](O)CN1C(=O)Cc1c(Cl)cccc1Cl. The average molecular weight is 288 g/mol. The second kappa shape index (κ2) is 5.47. The molecule has 98 valence electrons. The molecule has 0 radical (unpaired) electrons. The predicted octanol–water partition coefficient (Wildman–Crippen LogP) is 2.52. The van der Waals surface area contributed by atoms with Crippen molar-refractivity contribution >= 4 is 29.1 Å². The van der Waals surface area contributed by atoms with Crippen LogP contribution in [-0.2, 0) is 11.2 Å². The number of hydrogen-bond donors (Lipinski definition) is 1. The van der Waals surface area contributed by atoms with Crippen LogP contribution in [-0.4, -0.2) is 34.6 Å². The van der Waals surface area contributed by atoms with Gasteiger partial charge >= 0.3 is 0 Å². The molecule has 1 N–H and O–H groups in total. The summed E-state index contributed by atoms with van der Waals surface area (Å²) in [5.74, 6) is -0.0472. The normalized spacial score (nSPS) is 23.4. The Bertz CT molecular complexity index is 444. The lowest BCUT2D eigenvalue weighted by atomic mass is 10.1. The van der Waals surface area contributed by atoms with E-state index in [4.69, 9.17) is 23.2 Å². The van der Waals surface area contributed by atoms with E-state index in [1.807, 2.05) is 6.92 Å². The van der Waals surface area contributed by atoms with E-state index < -0.39 is 6.10 Å². The van der Waals surface area contributed by atoms with Crippen LogP contribution in [0.5, 0.6) is 0 Å². The highest BCUT2D eigenvalue weighted by atomic mass is 35.5. The van der Waals surface area contributed by atoms with Crippen LogP contribution in [0.3, 0.4) is 0 Å². The summed E-state index contributed by atoms with van der Waals surface area (Å²) >= 11 is 12.1. The smallest absolute Gasteiger partial charge is 0.227 e. The van der Waals surface area contributed by atoms with E-state index in [1.54, 1.807) is 23.1 Å². The van der Waals surface area contributed by atoms with Crippen LogP contribution in [0.2, 0.25) is 10.0 Å². The third-order valence-electron chi connectivity index (χ3n) is 3.26. The first-order valence-corrected chi connectivity index (χ1v) is 6.65. The second-order valence-electron chi connectivity index (χ2n) is 4.66. The summed E-state index contributed by atoms with van der Waals surface area (Å²) in [4.78, 5) is 13.9. The fourth-order valence-corrected chi connectivity index (χ4v) is 2.84. The number of halogens is 2. The van der Waals surface area contributed by atoms with Crippen molar-refractivity contribution in [1.29, 1.82) is 0 Å². The minimum atomic E-state index is -0.425. The molecule has 2 rings (SSSR count). The largest absolute Gasteiger partial charge is 0.391 e. The van der Waals surface area contributed by atoms with Crippen molar-refractivity contribution in [2.75, 3.05) is 6.54 Å². The van der Waals surface area contributed by atoms with E-state index in [1.165, 1.54) is 0 Å². The van der Waals surface area contributed by atoms with Crippen LogP contribution >= 0.6 is 23.2 Å². The van der Waals surface area contributed by atoms with Crippen molar-refractivity contribution in [3.05, 3.63) is 33.8 Å². The zero-order valence-corrected chi connectivity index (χ0v) is 11.6. The van der Waals surface area contributed by atoms with Crippen molar-refractivity contribution in [1.82, 2.24) is 4.90 Å². The van der Waals surface area contributed by atoms with Gasteiger partial charge in [0.2, 0.25) is 5.91 Å². The molecule has 1 heterocycles. The number of hydrogen-bond acceptors (Lipinski definition) is 2. The maximum Gasteiger partial charge on any atom is 0.227 e. The first-order valence-electron chi connectivity index (χ1n) is 5.89. The lowest BCUT2D eigenvalue weighted by Crippen LogP contribution is -2.35. The monoisotopic (exact) mass is 287 g/mol. The molecular weight excluding hydrogens is 273 g/mol. The molecule has 1 amide bonds. The molecule has 1 saturated heterocycles. The van der Waals surface area contributed by atoms with E-state index in [0.29, 0.717) is 28.6 Å². The molecule has 3 nitrogen and oxygen atoms in total. The highest BCUT2D eigenvalue weighted by molar-refractivity contribution is 6.36. The molecular formula is C13H15Cl2NO2. The predicted molar refractivity (Wildman–Crippen MR) is 72.0 cm³/mol. The first-order chi connectivity index (χ1) is 8.49. The number of rotatable bonds is 2. The van der Waals surface area contributed by atoms with Crippen LogP contribution in [0.4, 0.5) is 0 Å². The van der Waals surface area contributed by atoms with Crippen LogP contribution in [0.15, 0.2) is 18.2 Å². The summed E-state index contributed by atoms with van der Waals surface area (Å²) in [7, 11) is 0. The Balaban J connectivity index is 2.12. The van der Waals surface area contributed by atoms with E-state index in [2.05, 4.69) is 0 Å². The summed E-state index contributed by atoms with van der Waals surface area (Å²) in [6.07, 6.45) is 0.378. The molecule has 1 aliphatic heterocycles. The Morgan fingerprint density at radius 3 is 2.56 bits per heavy atom. The molecule has 0 bridgehead atoms. The van der Waals surface area contributed by atoms with Crippen molar-refractivity contribution < 1.29 is 9.90 Å². The number of aliphatic hydroxyl groups excluding tert-OH is 1. The van der Waals surface area contributed by atoms with Gasteiger partial charge in [0.05, 0.1) is 12.5 Å². The number of aliphatic hydroxyl groups is 1. The van der Waals surface area contributed by atoms with Crippen LogP contribution in [0, 0.1) is 0 Å². The molecule has 2 atom stereocenters. The van der Waals surface area contributed by atoms with Gasteiger partial charge in [-0.25, -0.2) is 0 Å². The summed E-state index contributed by atoms with van der Waals surface area (Å²) in [6, 6.07) is 5.26. The van der Waals surface area contributed by atoms with Gasteiger partial charge in [-0.3, -0.25) is 4.79 Å². The highest BCUT2D eigenvalue weighted by Crippen LogP contribution is 2.26. The lowest BCUT2D eigenvalue weighted by Gasteiger charge is -2.21. The van der Waals surface area contributed by atoms with Crippen molar-refractivity contribution in [3.63, 3.8) is 0 Å². The van der Waals surface area contributed by atoms with Crippen LogP contribution in [0.25, 0.3) is 0 Å². The summed E-state index contributed by atoms with van der Waals surface area (Å²) in [5.41, 5.74) is 0.652. The molecule has 18 heavy (non-hydrogen) atoms. The first kappa shape index (κ1) is 13.7. The molecule has 5 heteroatoms. The molecule has 0 aliphatic carbocycles. The van der Waals surface area contributed by atoms with Crippen LogP contribution in [0.1, 0.15) is 18.9 Å². The zero-order chi connectivity index (χ0) is 13.3. The van der Waals surface area contributed by atoms with Crippen molar-refractivity contribution in [3.8, 4) is 0 Å². The van der Waals surface area contributed by atoms with Gasteiger partial charge < -0.3 is 10.0 Å². The van der Waals surface area contributed by atoms with E-state index in [0.717, 1.165) is 0 Å². The van der Waals surface area contributed by atoms with Gasteiger partial charge in [-0.15, -0.1) is 0 Å². The number of amides is 1. The molecule has 0 aromatic heterocycles. The van der Waals surface area contributed by atoms with E-state index in [-0.39, 0.29) is 18.4 Å². The molecule has 0 saturated carbocycles. The van der Waals surface area contributed by atoms with E-state index >= 15 is 0 Å². The molecule has 1 aromatic carbocycles. The number of benzene rings is 1. The van der Waals surface area contributed by atoms with Gasteiger partial charge in [-0.1, -0.05) is 29.3 Å². The minimum Gasteiger partial charge on any atom is -0.391 e. The Morgan fingerprint density at radius 2 is 2.06 bits per heavy atom. The fraction of sp³-hybridized carbons (Fsp3) is 0.462. The summed E-state index contributed by atoms with van der Waals surface area (Å²) < 4.78 is 0. The van der Waals surface area contributed by atoms with Crippen LogP contribution < -0.4 is 0 Å². The van der Waals surface area contributed by atoms with Crippen molar-refractivity contribution in [2.45, 2.75) is 31.9 Å². The standard InChI is InChI=1S/C13H15Cl2NO2/c1-8-5-9(17)7-16(8)13(18)6-10-11(14)3-2-4-12(10)15/h2-4,8-9,17H,5-7H2,1H3/t8-,9+/m1/s1. The number of nitrogens with zero attached hydrogens (tertiary/aromatic N) is 1. The van der Waals surface area contributed by atoms with Gasteiger partial charge in [-0.05, 0) is 31.0 Å². The molecule has 0 unspecified atom stereocenters. The van der Waals surface area contributed by atoms with Gasteiger partial charge in [0.15, 0.2) is 0 Å². The minimum absolute atomic E-state index is 0.0472. The zero-order valence-electron chi connectivity index (χ0n) is 10.1. The Labute approximate surface area is 116 Å². The third-order valence-corrected chi connectivity index (χ3v) is 3.97. The van der Waals surface area contributed by atoms with E-state index in [9.17, 15) is 9.90 Å². The highest BCUT2D eigenvalue weighted by Gasteiger charge is 2.31. The quantitative estimate of drug-likeness (QED) is 0.908. The number of likely N-dealkylation sites (tertiary alicyclic amines) is 1. The van der Waals surface area contributed by atoms with Gasteiger partial charge in [-0.2, -0.15) is 0 Å². The number of β-amino-alcohol motifs (C(OH)–C–C–N with tert-alkyl or cyclic N) is 1. The molecule has 0 spiro atoms. The second-order valence-corrected chi connectivity index (χ2v) is 5.48. The third kappa shape index (κ3) is 2.79. The number of carbonyl (C=O) groups is 1. The Hall–Kier alpha value is -0.770. The molecule has 1 aromatic rings.